The first-order valence-corrected chi connectivity index (χ1v) is 11.9. The van der Waals surface area contributed by atoms with Gasteiger partial charge in [0.25, 0.3) is 0 Å². The molecule has 1 atom stereocenters. The first-order chi connectivity index (χ1) is 14.9. The molecule has 0 N–H and O–H groups in total. The van der Waals surface area contributed by atoms with E-state index in [9.17, 15) is 0 Å². The van der Waals surface area contributed by atoms with E-state index in [0.717, 1.165) is 12.8 Å². The first kappa shape index (κ1) is 22.9. The highest BCUT2D eigenvalue weighted by Crippen LogP contribution is 2.24. The van der Waals surface area contributed by atoms with Crippen molar-refractivity contribution in [3.63, 3.8) is 0 Å². The molecule has 2 aromatic carbocycles. The van der Waals surface area contributed by atoms with Crippen molar-refractivity contribution < 1.29 is 0 Å². The normalized spacial score (nSPS) is 12.8. The molecule has 0 saturated heterocycles. The molecular formula is C30H32S. The molecule has 0 nitrogen and oxygen atoms in total. The standard InChI is InChI=1S/C30H32S/c1-24(10-6-5-7-18-30(2,3)4)20-27-13-8-11-25(21-27)15-16-26-12-9-14-28(22-26)29-17-19-31-23-29/h5-6,8-9,11-17,19,21-24H,10,20H2,1-4H3/b6-5+,16-15+. The first-order valence-electron chi connectivity index (χ1n) is 11.0. The summed E-state index contributed by atoms with van der Waals surface area (Å²) in [7, 11) is 0. The maximum Gasteiger partial charge on any atom is 0.0233 e. The average molecular weight is 425 g/mol. The summed E-state index contributed by atoms with van der Waals surface area (Å²) >= 11 is 1.74. The van der Waals surface area contributed by atoms with Gasteiger partial charge in [0.15, 0.2) is 0 Å². The van der Waals surface area contributed by atoms with E-state index in [2.05, 4.69) is 123 Å². The molecule has 0 spiro atoms. The highest BCUT2D eigenvalue weighted by atomic mass is 32.1. The minimum Gasteiger partial charge on any atom is -0.152 e. The smallest absolute Gasteiger partial charge is 0.0233 e. The Labute approximate surface area is 192 Å². The zero-order chi connectivity index (χ0) is 22.1. The van der Waals surface area contributed by atoms with Gasteiger partial charge >= 0.3 is 0 Å². The van der Waals surface area contributed by atoms with Crippen molar-refractivity contribution in [3.05, 3.63) is 94.2 Å². The van der Waals surface area contributed by atoms with Crippen molar-refractivity contribution in [1.29, 1.82) is 0 Å². The highest BCUT2D eigenvalue weighted by molar-refractivity contribution is 7.08. The molecule has 3 rings (SSSR count). The molecule has 0 fully saturated rings. The van der Waals surface area contributed by atoms with E-state index in [-0.39, 0.29) is 5.41 Å². The van der Waals surface area contributed by atoms with Gasteiger partial charge in [-0.3, -0.25) is 0 Å². The van der Waals surface area contributed by atoms with Crippen molar-refractivity contribution >= 4 is 23.5 Å². The van der Waals surface area contributed by atoms with Crippen molar-refractivity contribution in [2.24, 2.45) is 11.3 Å². The van der Waals surface area contributed by atoms with Crippen LogP contribution < -0.4 is 0 Å². The molecule has 0 saturated carbocycles. The lowest BCUT2D eigenvalue weighted by Gasteiger charge is -2.09. The summed E-state index contributed by atoms with van der Waals surface area (Å²) in [5.41, 5.74) is 6.48. The van der Waals surface area contributed by atoms with Crippen LogP contribution in [0.4, 0.5) is 0 Å². The van der Waals surface area contributed by atoms with E-state index < -0.39 is 0 Å². The fraction of sp³-hybridized carbons (Fsp3) is 0.267. The molecule has 1 aromatic heterocycles. The fourth-order valence-corrected chi connectivity index (χ4v) is 4.03. The van der Waals surface area contributed by atoms with Gasteiger partial charge in [-0.1, -0.05) is 79.5 Å². The van der Waals surface area contributed by atoms with Gasteiger partial charge in [0.2, 0.25) is 0 Å². The van der Waals surface area contributed by atoms with Gasteiger partial charge in [0.05, 0.1) is 0 Å². The summed E-state index contributed by atoms with van der Waals surface area (Å²) in [5, 5.41) is 4.32. The van der Waals surface area contributed by atoms with Crippen LogP contribution in [0.3, 0.4) is 0 Å². The van der Waals surface area contributed by atoms with Crippen LogP contribution in [-0.2, 0) is 6.42 Å². The largest absolute Gasteiger partial charge is 0.152 e. The monoisotopic (exact) mass is 424 g/mol. The summed E-state index contributed by atoms with van der Waals surface area (Å²) in [4.78, 5) is 0. The van der Waals surface area contributed by atoms with Gasteiger partial charge in [-0.15, -0.1) is 0 Å². The summed E-state index contributed by atoms with van der Waals surface area (Å²) in [6.07, 6.45) is 10.7. The SMILES string of the molecule is CC(C/C=C/C#CC(C)(C)C)Cc1cccc(/C=C/c2cccc(-c3ccsc3)c2)c1. The minimum atomic E-state index is 0.0646. The van der Waals surface area contributed by atoms with Crippen LogP contribution in [0.2, 0.25) is 0 Å². The Balaban J connectivity index is 1.59. The maximum atomic E-state index is 3.25. The minimum absolute atomic E-state index is 0.0646. The predicted molar refractivity (Wildman–Crippen MR) is 139 cm³/mol. The molecule has 31 heavy (non-hydrogen) atoms. The van der Waals surface area contributed by atoms with Crippen LogP contribution in [0.15, 0.2) is 77.5 Å². The van der Waals surface area contributed by atoms with E-state index in [4.69, 9.17) is 0 Å². The Morgan fingerprint density at radius 1 is 0.935 bits per heavy atom. The summed E-state index contributed by atoms with van der Waals surface area (Å²) in [6, 6.07) is 19.8. The number of rotatable bonds is 7. The number of hydrogen-bond acceptors (Lipinski definition) is 1. The molecule has 0 aliphatic carbocycles. The second-order valence-electron chi connectivity index (χ2n) is 9.18. The number of hydrogen-bond donors (Lipinski definition) is 0. The molecule has 1 heteroatoms. The Hall–Kier alpha value is -2.82. The number of benzene rings is 2. The predicted octanol–water partition coefficient (Wildman–Crippen LogP) is 8.76. The number of thiophene rings is 1. The fourth-order valence-electron chi connectivity index (χ4n) is 3.37. The Kier molecular flexibility index (Phi) is 8.10. The summed E-state index contributed by atoms with van der Waals surface area (Å²) in [6.45, 7) is 8.72. The van der Waals surface area contributed by atoms with Gasteiger partial charge in [0, 0.05) is 5.41 Å². The van der Waals surface area contributed by atoms with Gasteiger partial charge in [0.1, 0.15) is 0 Å². The van der Waals surface area contributed by atoms with Gasteiger partial charge in [-0.05, 0) is 96.3 Å². The van der Waals surface area contributed by atoms with Crippen molar-refractivity contribution in [2.45, 2.75) is 40.5 Å². The van der Waals surface area contributed by atoms with E-state index in [1.165, 1.54) is 27.8 Å². The van der Waals surface area contributed by atoms with E-state index in [0.29, 0.717) is 5.92 Å². The van der Waals surface area contributed by atoms with Gasteiger partial charge in [-0.25, -0.2) is 0 Å². The van der Waals surface area contributed by atoms with Crippen LogP contribution in [-0.4, -0.2) is 0 Å². The van der Waals surface area contributed by atoms with Gasteiger partial charge < -0.3 is 0 Å². The summed E-state index contributed by atoms with van der Waals surface area (Å²) in [5.74, 6) is 7.00. The molecular weight excluding hydrogens is 392 g/mol. The maximum absolute atomic E-state index is 3.25. The molecule has 0 amide bonds. The third-order valence-electron chi connectivity index (χ3n) is 4.93. The molecule has 0 bridgehead atoms. The van der Waals surface area contributed by atoms with E-state index >= 15 is 0 Å². The van der Waals surface area contributed by atoms with Crippen molar-refractivity contribution in [2.75, 3.05) is 0 Å². The summed E-state index contributed by atoms with van der Waals surface area (Å²) < 4.78 is 0. The quantitative estimate of drug-likeness (QED) is 0.263. The number of allylic oxidation sites excluding steroid dienone is 2. The lowest BCUT2D eigenvalue weighted by molar-refractivity contribution is 0.571. The van der Waals surface area contributed by atoms with Crippen LogP contribution in [0.25, 0.3) is 23.3 Å². The van der Waals surface area contributed by atoms with E-state index in [1.54, 1.807) is 11.3 Å². The molecule has 1 unspecified atom stereocenters. The molecule has 158 valence electrons. The van der Waals surface area contributed by atoms with Crippen molar-refractivity contribution in [3.8, 4) is 23.0 Å². The molecule has 3 aromatic rings. The second-order valence-corrected chi connectivity index (χ2v) is 9.96. The Bertz CT molecular complexity index is 1080. The topological polar surface area (TPSA) is 0 Å². The average Bonchev–Trinajstić information content (AvgIpc) is 3.27. The van der Waals surface area contributed by atoms with Crippen LogP contribution in [0.1, 0.15) is 50.8 Å². The molecule has 0 aliphatic rings. The zero-order valence-corrected chi connectivity index (χ0v) is 19.9. The zero-order valence-electron chi connectivity index (χ0n) is 19.1. The Morgan fingerprint density at radius 3 is 2.39 bits per heavy atom. The van der Waals surface area contributed by atoms with Crippen molar-refractivity contribution in [1.82, 2.24) is 0 Å². The lowest BCUT2D eigenvalue weighted by Crippen LogP contribution is -1.99. The molecule has 0 radical (unpaired) electrons. The third-order valence-corrected chi connectivity index (χ3v) is 5.61. The van der Waals surface area contributed by atoms with Gasteiger partial charge in [-0.2, -0.15) is 11.3 Å². The second kappa shape index (κ2) is 11.0. The molecule has 1 heterocycles. The van der Waals surface area contributed by atoms with Crippen LogP contribution in [0, 0.1) is 23.2 Å². The lowest BCUT2D eigenvalue weighted by atomic mass is 9.96. The Morgan fingerprint density at radius 2 is 1.68 bits per heavy atom. The van der Waals surface area contributed by atoms with E-state index in [1.807, 2.05) is 6.08 Å². The van der Waals surface area contributed by atoms with Crippen LogP contribution in [0.5, 0.6) is 0 Å². The van der Waals surface area contributed by atoms with Crippen LogP contribution >= 0.6 is 11.3 Å². The molecule has 0 aliphatic heterocycles. The third kappa shape index (κ3) is 8.08. The highest BCUT2D eigenvalue weighted by Gasteiger charge is 2.04.